The Balaban J connectivity index is 2.30. The van der Waals surface area contributed by atoms with E-state index < -0.39 is 71.2 Å². The molecule has 12 nitrogen and oxygen atoms in total. The molecule has 2 unspecified atom stereocenters. The number of rotatable bonds is 49. The number of hydrogen-bond acceptors (Lipinski definition) is 11. The molecule has 1 rings (SSSR count). The molecule has 0 amide bonds. The molecule has 0 aliphatic carbocycles. The maximum Gasteiger partial charge on any atom is 0.306 e. The normalized spacial score (nSPS) is 19.2. The summed E-state index contributed by atoms with van der Waals surface area (Å²) < 4.78 is 54.4. The van der Waals surface area contributed by atoms with Crippen LogP contribution in [0.15, 0.2) is 0 Å². The third-order valence-electron chi connectivity index (χ3n) is 13.4. The molecule has 4 N–H and O–H groups in total. The smallest absolute Gasteiger partial charge is 0.306 e. The van der Waals surface area contributed by atoms with Crippen LogP contribution in [-0.2, 0) is 38.7 Å². The molecule has 1 heterocycles. The maximum absolute atomic E-state index is 12.9. The van der Waals surface area contributed by atoms with Crippen molar-refractivity contribution in [3.05, 3.63) is 0 Å². The van der Waals surface area contributed by atoms with Gasteiger partial charge in [0.1, 0.15) is 36.8 Å². The van der Waals surface area contributed by atoms with Gasteiger partial charge in [-0.15, -0.1) is 0 Å². The second-order valence-electron chi connectivity index (χ2n) is 20.0. The van der Waals surface area contributed by atoms with E-state index in [-0.39, 0.29) is 19.4 Å². The molecule has 398 valence electrons. The number of aliphatic hydroxyl groups excluding tert-OH is 3. The molecule has 0 bridgehead atoms. The number of carbonyl (C=O) groups excluding carboxylic acids is 2. The first-order valence-corrected chi connectivity index (χ1v) is 29.7. The van der Waals surface area contributed by atoms with Gasteiger partial charge in [-0.1, -0.05) is 251 Å². The Morgan fingerprint density at radius 1 is 0.448 bits per heavy atom. The first-order chi connectivity index (χ1) is 32.5. The van der Waals surface area contributed by atoms with E-state index in [2.05, 4.69) is 13.8 Å². The van der Waals surface area contributed by atoms with E-state index in [4.69, 9.17) is 18.9 Å². The van der Waals surface area contributed by atoms with Crippen LogP contribution < -0.4 is 0 Å². The molecule has 0 spiro atoms. The molecule has 1 saturated heterocycles. The summed E-state index contributed by atoms with van der Waals surface area (Å²) in [6.45, 7) is 3.83. The summed E-state index contributed by atoms with van der Waals surface area (Å²) in [6, 6.07) is 0. The van der Waals surface area contributed by atoms with Gasteiger partial charge < -0.3 is 34.3 Å². The lowest BCUT2D eigenvalue weighted by Gasteiger charge is -2.40. The summed E-state index contributed by atoms with van der Waals surface area (Å²) in [5.41, 5.74) is 0. The Hall–Kier alpha value is -1.35. The quantitative estimate of drug-likeness (QED) is 0.0257. The maximum atomic E-state index is 12.9. The van der Waals surface area contributed by atoms with Gasteiger partial charge in [0.05, 0.1) is 6.61 Å². The minimum atomic E-state index is -4.60. The van der Waals surface area contributed by atoms with Crippen molar-refractivity contribution < 1.29 is 56.8 Å². The lowest BCUT2D eigenvalue weighted by Crippen LogP contribution is -2.60. The largest absolute Gasteiger partial charge is 0.462 e. The lowest BCUT2D eigenvalue weighted by molar-refractivity contribution is -0.297. The summed E-state index contributed by atoms with van der Waals surface area (Å²) in [5, 5.41) is 31.0. The van der Waals surface area contributed by atoms with E-state index in [9.17, 15) is 37.9 Å². The van der Waals surface area contributed by atoms with E-state index in [0.29, 0.717) is 12.8 Å². The van der Waals surface area contributed by atoms with Crippen molar-refractivity contribution >= 4 is 22.1 Å². The molecule has 0 radical (unpaired) electrons. The SMILES string of the molecule is CCCCCCCCCCCCCCCCCCCCCCCC(=O)OC[C@H](CO[C@H]1O[C@H](CS(=O)(=O)O)[C@@H](O)C(O)C1O)OC(=O)CCCCCCCCCCCCCCCCCCCC. The monoisotopic (exact) mass is 977 g/mol. The number of ether oxygens (including phenoxy) is 4. The van der Waals surface area contributed by atoms with E-state index in [1.165, 1.54) is 199 Å². The zero-order chi connectivity index (χ0) is 49.1. The third-order valence-corrected chi connectivity index (χ3v) is 14.2. The fourth-order valence-corrected chi connectivity index (χ4v) is 9.78. The van der Waals surface area contributed by atoms with Gasteiger partial charge >= 0.3 is 11.9 Å². The number of esters is 2. The Morgan fingerprint density at radius 3 is 1.09 bits per heavy atom. The van der Waals surface area contributed by atoms with Crippen molar-refractivity contribution in [1.82, 2.24) is 0 Å². The topological polar surface area (TPSA) is 186 Å². The summed E-state index contributed by atoms with van der Waals surface area (Å²) in [4.78, 5) is 25.6. The lowest BCUT2D eigenvalue weighted by atomic mass is 10.00. The summed E-state index contributed by atoms with van der Waals surface area (Å²) in [6.07, 6.45) is 40.0. The Bertz CT molecular complexity index is 1230. The van der Waals surface area contributed by atoms with Crippen LogP contribution >= 0.6 is 0 Å². The van der Waals surface area contributed by atoms with Crippen LogP contribution in [0.2, 0.25) is 0 Å². The molecule has 0 aromatic carbocycles. The molecule has 0 aromatic heterocycles. The number of hydrogen-bond donors (Lipinski definition) is 4. The van der Waals surface area contributed by atoms with E-state index in [0.717, 1.165) is 38.5 Å². The van der Waals surface area contributed by atoms with E-state index in [1.807, 2.05) is 0 Å². The number of carbonyl (C=O) groups is 2. The van der Waals surface area contributed by atoms with Gasteiger partial charge in [-0.3, -0.25) is 14.1 Å². The summed E-state index contributed by atoms with van der Waals surface area (Å²) >= 11 is 0. The molecule has 0 aromatic rings. The Kier molecular flexibility index (Phi) is 42.4. The minimum absolute atomic E-state index is 0.173. The van der Waals surface area contributed by atoms with Crippen LogP contribution in [0, 0.1) is 0 Å². The highest BCUT2D eigenvalue weighted by Crippen LogP contribution is 2.24. The average Bonchev–Trinajstić information content (AvgIpc) is 3.30. The molecular formula is C54H104O12S. The standard InChI is InChI=1S/C54H104O12S/c1-3-5-7-9-11-13-15-17-19-21-23-24-25-27-28-30-32-34-36-38-40-42-49(55)63-44-47(45-64-54-53(59)52(58)51(57)48(66-54)46-67(60,61)62)65-50(56)43-41-39-37-35-33-31-29-26-22-20-18-16-14-12-10-8-6-4-2/h47-48,51-54,57-59H,3-46H2,1-2H3,(H,60,61,62)/t47-,48-,51-,52?,53?,54+/m1/s1. The predicted octanol–water partition coefficient (Wildman–Crippen LogP) is 13.2. The zero-order valence-corrected chi connectivity index (χ0v) is 43.9. The Morgan fingerprint density at radius 2 is 0.761 bits per heavy atom. The van der Waals surface area contributed by atoms with Crippen LogP contribution in [-0.4, -0.2) is 96.0 Å². The van der Waals surface area contributed by atoms with Gasteiger partial charge in [0.2, 0.25) is 0 Å². The highest BCUT2D eigenvalue weighted by molar-refractivity contribution is 7.85. The van der Waals surface area contributed by atoms with Gasteiger partial charge in [-0.05, 0) is 12.8 Å². The molecule has 1 aliphatic rings. The van der Waals surface area contributed by atoms with E-state index in [1.54, 1.807) is 0 Å². The first-order valence-electron chi connectivity index (χ1n) is 28.1. The van der Waals surface area contributed by atoms with Crippen molar-refractivity contribution in [3.63, 3.8) is 0 Å². The molecule has 0 saturated carbocycles. The van der Waals surface area contributed by atoms with Gasteiger partial charge in [-0.25, -0.2) is 0 Å². The van der Waals surface area contributed by atoms with E-state index >= 15 is 0 Å². The van der Waals surface area contributed by atoms with Crippen molar-refractivity contribution in [2.24, 2.45) is 0 Å². The van der Waals surface area contributed by atoms with Gasteiger partial charge in [-0.2, -0.15) is 8.42 Å². The summed E-state index contributed by atoms with van der Waals surface area (Å²) in [7, 11) is -4.60. The second kappa shape index (κ2) is 44.6. The average molecular weight is 977 g/mol. The highest BCUT2D eigenvalue weighted by Gasteiger charge is 2.46. The van der Waals surface area contributed by atoms with Crippen LogP contribution in [0.5, 0.6) is 0 Å². The van der Waals surface area contributed by atoms with Crippen molar-refractivity contribution in [3.8, 4) is 0 Å². The number of aliphatic hydroxyl groups is 3. The van der Waals surface area contributed by atoms with Crippen molar-refractivity contribution in [2.45, 2.75) is 314 Å². The summed E-state index contributed by atoms with van der Waals surface area (Å²) in [5.74, 6) is -1.95. The molecular weight excluding hydrogens is 873 g/mol. The van der Waals surface area contributed by atoms with Gasteiger partial charge in [0.25, 0.3) is 10.1 Å². The molecule has 1 aliphatic heterocycles. The molecule has 67 heavy (non-hydrogen) atoms. The first kappa shape index (κ1) is 63.7. The van der Waals surface area contributed by atoms with Crippen molar-refractivity contribution in [1.29, 1.82) is 0 Å². The molecule has 6 atom stereocenters. The third kappa shape index (κ3) is 39.0. The predicted molar refractivity (Wildman–Crippen MR) is 271 cm³/mol. The van der Waals surface area contributed by atoms with Crippen molar-refractivity contribution in [2.75, 3.05) is 19.0 Å². The van der Waals surface area contributed by atoms with Crippen LogP contribution in [0.4, 0.5) is 0 Å². The minimum Gasteiger partial charge on any atom is -0.462 e. The molecule has 1 fully saturated rings. The van der Waals surface area contributed by atoms with Crippen LogP contribution in [0.1, 0.15) is 277 Å². The molecule has 13 heteroatoms. The second-order valence-corrected chi connectivity index (χ2v) is 21.5. The highest BCUT2D eigenvalue weighted by atomic mass is 32.2. The number of unbranched alkanes of at least 4 members (excludes halogenated alkanes) is 37. The Labute approximate surface area is 410 Å². The zero-order valence-electron chi connectivity index (χ0n) is 43.0. The van der Waals surface area contributed by atoms with Crippen LogP contribution in [0.3, 0.4) is 0 Å². The fourth-order valence-electron chi connectivity index (χ4n) is 9.09. The fraction of sp³-hybridized carbons (Fsp3) is 0.963. The van der Waals surface area contributed by atoms with Gasteiger partial charge in [0.15, 0.2) is 12.4 Å². The van der Waals surface area contributed by atoms with Crippen LogP contribution in [0.25, 0.3) is 0 Å². The van der Waals surface area contributed by atoms with Gasteiger partial charge in [0, 0.05) is 12.8 Å².